The minimum Gasteiger partial charge on any atom is -0.298 e. The molecule has 0 N–H and O–H groups in total. The average Bonchev–Trinajstić information content (AvgIpc) is 2.34. The van der Waals surface area contributed by atoms with Crippen LogP contribution in [-0.4, -0.2) is 6.29 Å². The zero-order valence-corrected chi connectivity index (χ0v) is 10.5. The lowest BCUT2D eigenvalue weighted by atomic mass is 9.92. The standard InChI is InChI=1S/C16H18O/c1-12-3-8-16(13(2)9-12)10-14-4-6-15(11-17)7-5-14/h3-4,6,8-9,11H,5,7,10H2,1-2H3. The maximum Gasteiger partial charge on any atom is 0.146 e. The highest BCUT2D eigenvalue weighted by molar-refractivity contribution is 5.74. The van der Waals surface area contributed by atoms with Crippen molar-refractivity contribution in [3.63, 3.8) is 0 Å². The Hall–Kier alpha value is -1.63. The molecule has 0 aromatic heterocycles. The molecule has 1 aliphatic carbocycles. The summed E-state index contributed by atoms with van der Waals surface area (Å²) in [5.74, 6) is 0. The second-order valence-corrected chi connectivity index (χ2v) is 4.79. The third kappa shape index (κ3) is 2.94. The average molecular weight is 226 g/mol. The number of aryl methyl sites for hydroxylation is 2. The number of carbonyl (C=O) groups is 1. The zero-order valence-electron chi connectivity index (χ0n) is 10.5. The van der Waals surface area contributed by atoms with Crippen LogP contribution in [-0.2, 0) is 11.2 Å². The van der Waals surface area contributed by atoms with Crippen molar-refractivity contribution in [3.8, 4) is 0 Å². The highest BCUT2D eigenvalue weighted by atomic mass is 16.1. The molecule has 1 aliphatic rings. The molecule has 0 fully saturated rings. The first-order valence-electron chi connectivity index (χ1n) is 6.09. The van der Waals surface area contributed by atoms with Crippen molar-refractivity contribution >= 4 is 6.29 Å². The second-order valence-electron chi connectivity index (χ2n) is 4.79. The first-order chi connectivity index (χ1) is 8.19. The van der Waals surface area contributed by atoms with Gasteiger partial charge in [-0.2, -0.15) is 0 Å². The molecule has 0 saturated carbocycles. The molecule has 0 atom stereocenters. The van der Waals surface area contributed by atoms with E-state index >= 15 is 0 Å². The highest BCUT2D eigenvalue weighted by Gasteiger charge is 2.07. The van der Waals surface area contributed by atoms with Gasteiger partial charge in [-0.25, -0.2) is 0 Å². The van der Waals surface area contributed by atoms with Crippen molar-refractivity contribution in [2.45, 2.75) is 33.1 Å². The first kappa shape index (κ1) is 11.8. The summed E-state index contributed by atoms with van der Waals surface area (Å²) in [6, 6.07) is 6.61. The van der Waals surface area contributed by atoms with Gasteiger partial charge < -0.3 is 0 Å². The fourth-order valence-corrected chi connectivity index (χ4v) is 2.23. The van der Waals surface area contributed by atoms with E-state index in [0.717, 1.165) is 31.1 Å². The number of allylic oxidation sites excluding steroid dienone is 4. The predicted molar refractivity (Wildman–Crippen MR) is 71.1 cm³/mol. The minimum atomic E-state index is 0.889. The van der Waals surface area contributed by atoms with Crippen molar-refractivity contribution < 1.29 is 4.79 Å². The van der Waals surface area contributed by atoms with Gasteiger partial charge in [0.15, 0.2) is 0 Å². The predicted octanol–water partition coefficient (Wildman–Crippen LogP) is 3.69. The number of hydrogen-bond donors (Lipinski definition) is 0. The van der Waals surface area contributed by atoms with Crippen molar-refractivity contribution in [1.82, 2.24) is 0 Å². The van der Waals surface area contributed by atoms with Crippen LogP contribution in [0.4, 0.5) is 0 Å². The van der Waals surface area contributed by atoms with E-state index in [2.05, 4.69) is 38.1 Å². The molecular weight excluding hydrogens is 208 g/mol. The van der Waals surface area contributed by atoms with Gasteiger partial charge in [0.2, 0.25) is 0 Å². The fraction of sp³-hybridized carbons (Fsp3) is 0.312. The molecule has 0 unspecified atom stereocenters. The summed E-state index contributed by atoms with van der Waals surface area (Å²) >= 11 is 0. The van der Waals surface area contributed by atoms with Gasteiger partial charge in [-0.05, 0) is 49.8 Å². The van der Waals surface area contributed by atoms with E-state index in [4.69, 9.17) is 0 Å². The van der Waals surface area contributed by atoms with Gasteiger partial charge in [0.25, 0.3) is 0 Å². The molecule has 1 aromatic carbocycles. The summed E-state index contributed by atoms with van der Waals surface area (Å²) in [5.41, 5.74) is 6.39. The molecular formula is C16H18O. The number of carbonyl (C=O) groups excluding carboxylic acids is 1. The molecule has 0 radical (unpaired) electrons. The van der Waals surface area contributed by atoms with E-state index in [9.17, 15) is 4.79 Å². The number of aldehydes is 1. The topological polar surface area (TPSA) is 17.1 Å². The lowest BCUT2D eigenvalue weighted by Gasteiger charge is -2.13. The van der Waals surface area contributed by atoms with Gasteiger partial charge in [0.05, 0.1) is 0 Å². The van der Waals surface area contributed by atoms with Crippen molar-refractivity contribution in [2.24, 2.45) is 0 Å². The normalized spacial score (nSPS) is 15.2. The number of benzene rings is 1. The van der Waals surface area contributed by atoms with Crippen LogP contribution in [0.3, 0.4) is 0 Å². The Bertz CT molecular complexity index is 492. The van der Waals surface area contributed by atoms with Gasteiger partial charge in [-0.15, -0.1) is 0 Å². The molecule has 0 heterocycles. The summed E-state index contributed by atoms with van der Waals surface area (Å²) < 4.78 is 0. The van der Waals surface area contributed by atoms with Crippen molar-refractivity contribution in [2.75, 3.05) is 0 Å². The van der Waals surface area contributed by atoms with Crippen molar-refractivity contribution in [3.05, 3.63) is 58.2 Å². The smallest absolute Gasteiger partial charge is 0.146 e. The Balaban J connectivity index is 2.14. The van der Waals surface area contributed by atoms with Gasteiger partial charge in [-0.3, -0.25) is 4.79 Å². The van der Waals surface area contributed by atoms with Crippen LogP contribution in [0.5, 0.6) is 0 Å². The maximum atomic E-state index is 10.6. The summed E-state index contributed by atoms with van der Waals surface area (Å²) in [7, 11) is 0. The monoisotopic (exact) mass is 226 g/mol. The summed E-state index contributed by atoms with van der Waals surface area (Å²) in [5, 5.41) is 0. The van der Waals surface area contributed by atoms with Crippen LogP contribution in [0.15, 0.2) is 41.5 Å². The molecule has 0 aliphatic heterocycles. The Morgan fingerprint density at radius 2 is 2.00 bits per heavy atom. The van der Waals surface area contributed by atoms with E-state index in [1.165, 1.54) is 22.3 Å². The number of hydrogen-bond acceptors (Lipinski definition) is 1. The Morgan fingerprint density at radius 3 is 2.59 bits per heavy atom. The van der Waals surface area contributed by atoms with Gasteiger partial charge in [-0.1, -0.05) is 41.5 Å². The van der Waals surface area contributed by atoms with Crippen LogP contribution >= 0.6 is 0 Å². The highest BCUT2D eigenvalue weighted by Crippen LogP contribution is 2.22. The van der Waals surface area contributed by atoms with Gasteiger partial charge in [0, 0.05) is 0 Å². The second kappa shape index (κ2) is 5.13. The zero-order chi connectivity index (χ0) is 12.3. The third-order valence-corrected chi connectivity index (χ3v) is 3.33. The molecule has 0 spiro atoms. The fourth-order valence-electron chi connectivity index (χ4n) is 2.23. The molecule has 0 bridgehead atoms. The van der Waals surface area contributed by atoms with Crippen LogP contribution in [0, 0.1) is 13.8 Å². The van der Waals surface area contributed by atoms with E-state index < -0.39 is 0 Å². The van der Waals surface area contributed by atoms with Crippen LogP contribution in [0.25, 0.3) is 0 Å². The van der Waals surface area contributed by atoms with E-state index in [1.807, 2.05) is 6.08 Å². The molecule has 2 rings (SSSR count). The summed E-state index contributed by atoms with van der Waals surface area (Å²) in [6.07, 6.45) is 7.93. The van der Waals surface area contributed by atoms with E-state index in [1.54, 1.807) is 0 Å². The largest absolute Gasteiger partial charge is 0.298 e. The lowest BCUT2D eigenvalue weighted by molar-refractivity contribution is -0.105. The van der Waals surface area contributed by atoms with Gasteiger partial charge in [0.1, 0.15) is 6.29 Å². The maximum absolute atomic E-state index is 10.6. The van der Waals surface area contributed by atoms with E-state index in [-0.39, 0.29) is 0 Å². The van der Waals surface area contributed by atoms with E-state index in [0.29, 0.717) is 0 Å². The van der Waals surface area contributed by atoms with Crippen LogP contribution < -0.4 is 0 Å². The first-order valence-corrected chi connectivity index (χ1v) is 6.09. The molecule has 1 aromatic rings. The minimum absolute atomic E-state index is 0.889. The molecule has 0 saturated heterocycles. The SMILES string of the molecule is Cc1ccc(CC2=CC=C(C=O)CC2)c(C)c1. The third-order valence-electron chi connectivity index (χ3n) is 3.33. The summed E-state index contributed by atoms with van der Waals surface area (Å²) in [4.78, 5) is 10.6. The van der Waals surface area contributed by atoms with Crippen LogP contribution in [0.2, 0.25) is 0 Å². The molecule has 1 nitrogen and oxygen atoms in total. The quantitative estimate of drug-likeness (QED) is 0.718. The van der Waals surface area contributed by atoms with Gasteiger partial charge >= 0.3 is 0 Å². The Labute approximate surface area is 103 Å². The van der Waals surface area contributed by atoms with Crippen molar-refractivity contribution in [1.29, 1.82) is 0 Å². The molecule has 88 valence electrons. The molecule has 17 heavy (non-hydrogen) atoms. The van der Waals surface area contributed by atoms with Crippen LogP contribution in [0.1, 0.15) is 29.5 Å². The Morgan fingerprint density at radius 1 is 1.18 bits per heavy atom. The Kier molecular flexibility index (Phi) is 3.58. The lowest BCUT2D eigenvalue weighted by Crippen LogP contribution is -1.99. The number of rotatable bonds is 3. The molecule has 1 heteroatoms. The molecule has 0 amide bonds. The summed E-state index contributed by atoms with van der Waals surface area (Å²) in [6.45, 7) is 4.29.